The van der Waals surface area contributed by atoms with E-state index in [1.54, 1.807) is 24.3 Å². The Bertz CT molecular complexity index is 447. The number of phenols is 1. The number of hydrogen-bond acceptors (Lipinski definition) is 4. The molecule has 5 heteroatoms. The first kappa shape index (κ1) is 14.8. The number of carbonyl (C=O) groups is 1. The first-order valence-electron chi connectivity index (χ1n) is 7.04. The van der Waals surface area contributed by atoms with E-state index in [9.17, 15) is 15.0 Å². The largest absolute Gasteiger partial charge is 0.508 e. The van der Waals surface area contributed by atoms with Gasteiger partial charge >= 0.3 is 0 Å². The van der Waals surface area contributed by atoms with Crippen LogP contribution in [0.3, 0.4) is 0 Å². The number of phenolic OH excluding ortho intramolecular Hbond substituents is 1. The van der Waals surface area contributed by atoms with Gasteiger partial charge in [-0.05, 0) is 49.3 Å². The topological polar surface area (TPSA) is 95.6 Å². The first-order chi connectivity index (χ1) is 9.54. The number of benzene rings is 1. The van der Waals surface area contributed by atoms with Gasteiger partial charge in [0.05, 0.1) is 12.1 Å². The Kier molecular flexibility index (Phi) is 4.98. The van der Waals surface area contributed by atoms with Crippen LogP contribution in [0.1, 0.15) is 24.8 Å². The van der Waals surface area contributed by atoms with E-state index in [0.29, 0.717) is 18.9 Å². The average Bonchev–Trinajstić information content (AvgIpc) is 2.84. The lowest BCUT2D eigenvalue weighted by Crippen LogP contribution is -2.43. The van der Waals surface area contributed by atoms with E-state index in [2.05, 4.69) is 5.32 Å². The van der Waals surface area contributed by atoms with Crippen molar-refractivity contribution in [1.29, 1.82) is 0 Å². The quantitative estimate of drug-likeness (QED) is 0.632. The van der Waals surface area contributed by atoms with Crippen molar-refractivity contribution in [2.24, 2.45) is 11.7 Å². The molecular weight excluding hydrogens is 256 g/mol. The molecule has 0 aromatic heterocycles. The van der Waals surface area contributed by atoms with Gasteiger partial charge in [0, 0.05) is 6.54 Å². The molecule has 0 bridgehead atoms. The molecule has 3 unspecified atom stereocenters. The number of aliphatic hydroxyl groups is 1. The predicted molar refractivity (Wildman–Crippen MR) is 76.1 cm³/mol. The highest BCUT2D eigenvalue weighted by Crippen LogP contribution is 2.24. The van der Waals surface area contributed by atoms with Gasteiger partial charge < -0.3 is 21.3 Å². The van der Waals surface area contributed by atoms with Crippen molar-refractivity contribution in [3.8, 4) is 5.75 Å². The summed E-state index contributed by atoms with van der Waals surface area (Å²) in [5.74, 6) is 0.390. The molecule has 1 aliphatic carbocycles. The summed E-state index contributed by atoms with van der Waals surface area (Å²) in [6, 6.07) is 6.09. The zero-order valence-corrected chi connectivity index (χ0v) is 11.5. The smallest absolute Gasteiger partial charge is 0.237 e. The minimum absolute atomic E-state index is 0.167. The highest BCUT2D eigenvalue weighted by atomic mass is 16.3. The van der Waals surface area contributed by atoms with Crippen LogP contribution in [0, 0.1) is 5.92 Å². The van der Waals surface area contributed by atoms with Gasteiger partial charge in [0.15, 0.2) is 0 Å². The third-order valence-corrected chi connectivity index (χ3v) is 3.81. The molecule has 110 valence electrons. The third kappa shape index (κ3) is 4.21. The van der Waals surface area contributed by atoms with Crippen molar-refractivity contribution in [3.63, 3.8) is 0 Å². The monoisotopic (exact) mass is 278 g/mol. The van der Waals surface area contributed by atoms with E-state index < -0.39 is 6.04 Å². The number of aromatic hydroxyl groups is 1. The average molecular weight is 278 g/mol. The molecule has 0 aliphatic heterocycles. The van der Waals surface area contributed by atoms with Crippen molar-refractivity contribution in [2.45, 2.75) is 37.8 Å². The van der Waals surface area contributed by atoms with Crippen LogP contribution in [0.15, 0.2) is 24.3 Å². The zero-order valence-electron chi connectivity index (χ0n) is 11.5. The zero-order chi connectivity index (χ0) is 14.5. The summed E-state index contributed by atoms with van der Waals surface area (Å²) in [7, 11) is 0. The molecule has 0 radical (unpaired) electrons. The predicted octanol–water partition coefficient (Wildman–Crippen LogP) is 0.539. The molecule has 1 aliphatic rings. The van der Waals surface area contributed by atoms with E-state index in [-0.39, 0.29) is 17.8 Å². The minimum atomic E-state index is -0.592. The second-order valence-corrected chi connectivity index (χ2v) is 5.56. The van der Waals surface area contributed by atoms with Gasteiger partial charge in [0.1, 0.15) is 5.75 Å². The first-order valence-corrected chi connectivity index (χ1v) is 7.04. The van der Waals surface area contributed by atoms with Gasteiger partial charge in [-0.2, -0.15) is 0 Å². The van der Waals surface area contributed by atoms with E-state index in [1.165, 1.54) is 0 Å². The number of nitrogens with one attached hydrogen (secondary N) is 1. The van der Waals surface area contributed by atoms with Crippen LogP contribution in [0.5, 0.6) is 5.75 Å². The molecule has 0 saturated heterocycles. The molecule has 1 amide bonds. The Morgan fingerprint density at radius 2 is 2.05 bits per heavy atom. The van der Waals surface area contributed by atoms with E-state index >= 15 is 0 Å². The Balaban J connectivity index is 1.75. The molecule has 20 heavy (non-hydrogen) atoms. The summed E-state index contributed by atoms with van der Waals surface area (Å²) in [5.41, 5.74) is 6.79. The van der Waals surface area contributed by atoms with Crippen molar-refractivity contribution < 1.29 is 15.0 Å². The standard InChI is InChI=1S/C15H22N2O3/c16-14(8-10-1-4-12(18)5-2-10)15(20)17-9-11-3-6-13(19)7-11/h1-2,4-5,11,13-14,18-19H,3,6-9,16H2,(H,17,20). The fourth-order valence-corrected chi connectivity index (χ4v) is 2.59. The summed E-state index contributed by atoms with van der Waals surface area (Å²) in [6.07, 6.45) is 2.75. The summed E-state index contributed by atoms with van der Waals surface area (Å²) in [5, 5.41) is 21.5. The van der Waals surface area contributed by atoms with Crippen LogP contribution in [-0.4, -0.2) is 34.8 Å². The van der Waals surface area contributed by atoms with Gasteiger partial charge in [0.25, 0.3) is 0 Å². The van der Waals surface area contributed by atoms with E-state index in [4.69, 9.17) is 5.73 Å². The molecule has 5 N–H and O–H groups in total. The second kappa shape index (κ2) is 6.72. The molecule has 5 nitrogen and oxygen atoms in total. The lowest BCUT2D eigenvalue weighted by atomic mass is 10.0. The molecule has 3 atom stereocenters. The third-order valence-electron chi connectivity index (χ3n) is 3.81. The summed E-state index contributed by atoms with van der Waals surface area (Å²) in [4.78, 5) is 11.9. The highest BCUT2D eigenvalue weighted by Gasteiger charge is 2.23. The van der Waals surface area contributed by atoms with Crippen LogP contribution in [0.2, 0.25) is 0 Å². The maximum atomic E-state index is 11.9. The van der Waals surface area contributed by atoms with Gasteiger partial charge in [-0.3, -0.25) is 4.79 Å². The molecule has 2 rings (SSSR count). The Labute approximate surface area is 118 Å². The molecule has 1 aromatic rings. The number of aliphatic hydroxyl groups excluding tert-OH is 1. The van der Waals surface area contributed by atoms with Gasteiger partial charge in [-0.25, -0.2) is 0 Å². The summed E-state index contributed by atoms with van der Waals surface area (Å²) >= 11 is 0. The fourth-order valence-electron chi connectivity index (χ4n) is 2.59. The van der Waals surface area contributed by atoms with E-state index in [1.807, 2.05) is 0 Å². The molecule has 1 saturated carbocycles. The van der Waals surface area contributed by atoms with Gasteiger partial charge in [0.2, 0.25) is 5.91 Å². The Morgan fingerprint density at radius 1 is 1.35 bits per heavy atom. The van der Waals surface area contributed by atoms with Gasteiger partial charge in [-0.1, -0.05) is 12.1 Å². The van der Waals surface area contributed by atoms with Crippen molar-refractivity contribution in [1.82, 2.24) is 5.32 Å². The fraction of sp³-hybridized carbons (Fsp3) is 0.533. The summed E-state index contributed by atoms with van der Waals surface area (Å²) in [6.45, 7) is 0.583. The van der Waals surface area contributed by atoms with Crippen LogP contribution in [0.25, 0.3) is 0 Å². The van der Waals surface area contributed by atoms with Crippen LogP contribution in [0.4, 0.5) is 0 Å². The Hall–Kier alpha value is -1.59. The number of carbonyl (C=O) groups excluding carboxylic acids is 1. The lowest BCUT2D eigenvalue weighted by Gasteiger charge is -2.15. The van der Waals surface area contributed by atoms with Crippen molar-refractivity contribution >= 4 is 5.91 Å². The lowest BCUT2D eigenvalue weighted by molar-refractivity contribution is -0.122. The SMILES string of the molecule is NC(Cc1ccc(O)cc1)C(=O)NCC1CCC(O)C1. The number of hydrogen-bond donors (Lipinski definition) is 4. The van der Waals surface area contributed by atoms with Crippen molar-refractivity contribution in [2.75, 3.05) is 6.54 Å². The normalized spacial score (nSPS) is 23.5. The van der Waals surface area contributed by atoms with Crippen LogP contribution < -0.4 is 11.1 Å². The van der Waals surface area contributed by atoms with Crippen LogP contribution in [-0.2, 0) is 11.2 Å². The van der Waals surface area contributed by atoms with E-state index in [0.717, 1.165) is 24.8 Å². The number of amides is 1. The van der Waals surface area contributed by atoms with Gasteiger partial charge in [-0.15, -0.1) is 0 Å². The number of rotatable bonds is 5. The maximum absolute atomic E-state index is 11.9. The molecule has 0 heterocycles. The number of nitrogens with two attached hydrogens (primary N) is 1. The maximum Gasteiger partial charge on any atom is 0.237 e. The molecule has 1 fully saturated rings. The second-order valence-electron chi connectivity index (χ2n) is 5.56. The molecule has 1 aromatic carbocycles. The minimum Gasteiger partial charge on any atom is -0.508 e. The highest BCUT2D eigenvalue weighted by molar-refractivity contribution is 5.81. The Morgan fingerprint density at radius 3 is 2.65 bits per heavy atom. The molecule has 0 spiro atoms. The molecular formula is C15H22N2O3. The van der Waals surface area contributed by atoms with Crippen molar-refractivity contribution in [3.05, 3.63) is 29.8 Å². The summed E-state index contributed by atoms with van der Waals surface area (Å²) < 4.78 is 0. The van der Waals surface area contributed by atoms with Crippen LogP contribution >= 0.6 is 0 Å².